The Morgan fingerprint density at radius 2 is 1.23 bits per heavy atom. The number of methoxy groups -OCH3 is 1. The Balaban J connectivity index is 1.56. The molecule has 0 aliphatic carbocycles. The predicted octanol–water partition coefficient (Wildman–Crippen LogP) is 3.45. The number of benzene rings is 3. The van der Waals surface area contributed by atoms with Gasteiger partial charge in [-0.15, -0.1) is 0 Å². The van der Waals surface area contributed by atoms with Crippen molar-refractivity contribution in [2.24, 2.45) is 0 Å². The van der Waals surface area contributed by atoms with Crippen molar-refractivity contribution < 1.29 is 19.1 Å². The van der Waals surface area contributed by atoms with E-state index in [0.717, 1.165) is 10.5 Å². The van der Waals surface area contributed by atoms with Gasteiger partial charge in [-0.05, 0) is 42.0 Å². The monoisotopic (exact) mass is 398 g/mol. The number of anilines is 1. The number of amides is 3. The summed E-state index contributed by atoms with van der Waals surface area (Å²) in [5.41, 5.74) is 2.21. The number of imide groups is 1. The first-order valence-electron chi connectivity index (χ1n) is 9.61. The van der Waals surface area contributed by atoms with E-state index in [1.165, 1.54) is 0 Å². The molecule has 3 amide bonds. The number of nitrogens with zero attached hydrogens (tertiary/aromatic N) is 2. The van der Waals surface area contributed by atoms with E-state index in [0.29, 0.717) is 22.6 Å². The lowest BCUT2D eigenvalue weighted by Crippen LogP contribution is -2.67. The van der Waals surface area contributed by atoms with Gasteiger partial charge in [0.05, 0.1) is 24.3 Å². The van der Waals surface area contributed by atoms with Crippen molar-refractivity contribution in [3.05, 3.63) is 95.6 Å². The molecule has 0 aromatic heterocycles. The normalized spacial score (nSPS) is 20.2. The standard InChI is InChI=1S/C24H18N2O4/c1-30-17-13-11-16(12-14-17)25-20(15-7-3-2-4-8-15)21(24(25)29)26-22(27)18-9-5-6-10-19(18)23(26)28/h2-14,20-21H,1H3/t20-,21-/m0/s1. The summed E-state index contributed by atoms with van der Waals surface area (Å²) in [4.78, 5) is 42.0. The highest BCUT2D eigenvalue weighted by atomic mass is 16.5. The molecule has 30 heavy (non-hydrogen) atoms. The number of hydrogen-bond donors (Lipinski definition) is 0. The Kier molecular flexibility index (Phi) is 4.13. The van der Waals surface area contributed by atoms with Gasteiger partial charge in [0.1, 0.15) is 11.8 Å². The summed E-state index contributed by atoms with van der Waals surface area (Å²) in [5, 5.41) is 0. The third kappa shape index (κ3) is 2.54. The van der Waals surface area contributed by atoms with Crippen molar-refractivity contribution in [1.82, 2.24) is 4.90 Å². The minimum absolute atomic E-state index is 0.288. The summed E-state index contributed by atoms with van der Waals surface area (Å²) in [7, 11) is 1.58. The first kappa shape index (κ1) is 18.1. The maximum Gasteiger partial charge on any atom is 0.262 e. The molecule has 2 aliphatic rings. The zero-order valence-corrected chi connectivity index (χ0v) is 16.2. The molecule has 2 aliphatic heterocycles. The molecule has 2 atom stereocenters. The Hall–Kier alpha value is -3.93. The maximum absolute atomic E-state index is 13.3. The molecule has 5 rings (SSSR count). The quantitative estimate of drug-likeness (QED) is 0.499. The molecule has 1 fully saturated rings. The summed E-state index contributed by atoms with van der Waals surface area (Å²) >= 11 is 0. The third-order valence-electron chi connectivity index (χ3n) is 5.66. The molecule has 0 bridgehead atoms. The molecule has 1 saturated heterocycles. The van der Waals surface area contributed by atoms with Gasteiger partial charge in [0.2, 0.25) is 0 Å². The molecule has 0 N–H and O–H groups in total. The van der Waals surface area contributed by atoms with E-state index in [2.05, 4.69) is 0 Å². The molecule has 0 unspecified atom stereocenters. The van der Waals surface area contributed by atoms with Crippen molar-refractivity contribution in [2.75, 3.05) is 12.0 Å². The number of ether oxygens (including phenoxy) is 1. The topological polar surface area (TPSA) is 66.9 Å². The Morgan fingerprint density at radius 3 is 1.80 bits per heavy atom. The van der Waals surface area contributed by atoms with E-state index in [1.807, 2.05) is 30.3 Å². The van der Waals surface area contributed by atoms with Crippen LogP contribution in [0, 0.1) is 0 Å². The van der Waals surface area contributed by atoms with Crippen molar-refractivity contribution in [3.8, 4) is 5.75 Å². The average molecular weight is 398 g/mol. The average Bonchev–Trinajstić information content (AvgIpc) is 3.04. The lowest BCUT2D eigenvalue weighted by Gasteiger charge is -2.49. The highest BCUT2D eigenvalue weighted by Crippen LogP contribution is 2.44. The van der Waals surface area contributed by atoms with Gasteiger partial charge in [-0.3, -0.25) is 19.3 Å². The van der Waals surface area contributed by atoms with E-state index in [9.17, 15) is 14.4 Å². The highest BCUT2D eigenvalue weighted by molar-refractivity contribution is 6.24. The molecule has 0 saturated carbocycles. The second kappa shape index (κ2) is 6.84. The van der Waals surface area contributed by atoms with Crippen molar-refractivity contribution in [1.29, 1.82) is 0 Å². The Bertz CT molecular complexity index is 1120. The van der Waals surface area contributed by atoms with Crippen LogP contribution in [0.3, 0.4) is 0 Å². The van der Waals surface area contributed by atoms with Gasteiger partial charge >= 0.3 is 0 Å². The van der Waals surface area contributed by atoms with Crippen molar-refractivity contribution in [2.45, 2.75) is 12.1 Å². The van der Waals surface area contributed by atoms with E-state index >= 15 is 0 Å². The van der Waals surface area contributed by atoms with Crippen LogP contribution in [0.1, 0.15) is 32.3 Å². The van der Waals surface area contributed by atoms with Crippen LogP contribution in [0.5, 0.6) is 5.75 Å². The van der Waals surface area contributed by atoms with Gasteiger partial charge in [0.25, 0.3) is 17.7 Å². The zero-order chi connectivity index (χ0) is 20.8. The van der Waals surface area contributed by atoms with Crippen LogP contribution < -0.4 is 9.64 Å². The Morgan fingerprint density at radius 1 is 0.667 bits per heavy atom. The molecule has 148 valence electrons. The molecule has 3 aromatic carbocycles. The van der Waals surface area contributed by atoms with Gasteiger partial charge in [-0.2, -0.15) is 0 Å². The zero-order valence-electron chi connectivity index (χ0n) is 16.2. The number of hydrogen-bond acceptors (Lipinski definition) is 4. The van der Waals surface area contributed by atoms with Crippen LogP contribution in [0.4, 0.5) is 5.69 Å². The summed E-state index contributed by atoms with van der Waals surface area (Å²) < 4.78 is 5.20. The Labute approximate surface area is 173 Å². The predicted molar refractivity (Wildman–Crippen MR) is 110 cm³/mol. The van der Waals surface area contributed by atoms with E-state index in [-0.39, 0.29) is 5.91 Å². The molecule has 3 aromatic rings. The third-order valence-corrected chi connectivity index (χ3v) is 5.66. The summed E-state index contributed by atoms with van der Waals surface area (Å²) in [5.74, 6) is -0.461. The summed E-state index contributed by atoms with van der Waals surface area (Å²) in [6.45, 7) is 0. The highest BCUT2D eigenvalue weighted by Gasteiger charge is 2.57. The first-order valence-corrected chi connectivity index (χ1v) is 9.61. The fraction of sp³-hybridized carbons (Fsp3) is 0.125. The van der Waals surface area contributed by atoms with Gasteiger partial charge in [-0.25, -0.2) is 0 Å². The lowest BCUT2D eigenvalue weighted by atomic mass is 9.86. The lowest BCUT2D eigenvalue weighted by molar-refractivity contribution is -0.130. The molecule has 2 heterocycles. The fourth-order valence-electron chi connectivity index (χ4n) is 4.20. The van der Waals surface area contributed by atoms with Crippen LogP contribution in [0.25, 0.3) is 0 Å². The summed E-state index contributed by atoms with van der Waals surface area (Å²) in [6.07, 6.45) is 0. The van der Waals surface area contributed by atoms with Gasteiger partial charge < -0.3 is 9.64 Å². The maximum atomic E-state index is 13.3. The van der Waals surface area contributed by atoms with Crippen molar-refractivity contribution >= 4 is 23.4 Å². The van der Waals surface area contributed by atoms with Crippen LogP contribution in [-0.4, -0.2) is 35.8 Å². The number of carbonyl (C=O) groups excluding carboxylic acids is 3. The van der Waals surface area contributed by atoms with Gasteiger partial charge in [0, 0.05) is 5.69 Å². The van der Waals surface area contributed by atoms with E-state index in [4.69, 9.17) is 4.74 Å². The first-order chi connectivity index (χ1) is 14.6. The molecule has 0 spiro atoms. The largest absolute Gasteiger partial charge is 0.497 e. The van der Waals surface area contributed by atoms with Crippen molar-refractivity contribution in [3.63, 3.8) is 0 Å². The molecule has 6 heteroatoms. The van der Waals surface area contributed by atoms with E-state index < -0.39 is 23.9 Å². The van der Waals surface area contributed by atoms with Crippen LogP contribution in [0.15, 0.2) is 78.9 Å². The number of rotatable bonds is 4. The number of fused-ring (bicyclic) bond motifs is 1. The summed E-state index contributed by atoms with van der Waals surface area (Å²) in [6, 6.07) is 21.9. The second-order valence-corrected chi connectivity index (χ2v) is 7.23. The van der Waals surface area contributed by atoms with Crippen LogP contribution in [0.2, 0.25) is 0 Å². The smallest absolute Gasteiger partial charge is 0.262 e. The molecule has 0 radical (unpaired) electrons. The molecular weight excluding hydrogens is 380 g/mol. The van der Waals surface area contributed by atoms with Gasteiger partial charge in [-0.1, -0.05) is 42.5 Å². The second-order valence-electron chi connectivity index (χ2n) is 7.23. The SMILES string of the molecule is COc1ccc(N2C(=O)[C@@H](N3C(=O)c4ccccc4C3=O)[C@@H]2c2ccccc2)cc1. The van der Waals surface area contributed by atoms with E-state index in [1.54, 1.807) is 60.5 Å². The number of β-lactam (4-membered cyclic amide) rings is 1. The van der Waals surface area contributed by atoms with Crippen LogP contribution >= 0.6 is 0 Å². The molecular formula is C24H18N2O4. The number of carbonyl (C=O) groups is 3. The van der Waals surface area contributed by atoms with Gasteiger partial charge in [0.15, 0.2) is 0 Å². The van der Waals surface area contributed by atoms with Crippen LogP contribution in [-0.2, 0) is 4.79 Å². The minimum Gasteiger partial charge on any atom is -0.497 e. The fourth-order valence-corrected chi connectivity index (χ4v) is 4.20. The molecule has 6 nitrogen and oxygen atoms in total. The minimum atomic E-state index is -0.887.